The lowest BCUT2D eigenvalue weighted by Crippen LogP contribution is -2.38. The van der Waals surface area contributed by atoms with E-state index in [1.807, 2.05) is 0 Å². The predicted molar refractivity (Wildman–Crippen MR) is 75.3 cm³/mol. The highest BCUT2D eigenvalue weighted by Crippen LogP contribution is 2.33. The van der Waals surface area contributed by atoms with Crippen LogP contribution in [0.5, 0.6) is 0 Å². The topological polar surface area (TPSA) is 24.5 Å². The Labute approximate surface area is 109 Å². The van der Waals surface area contributed by atoms with E-state index in [4.69, 9.17) is 4.74 Å². The van der Waals surface area contributed by atoms with Gasteiger partial charge in [-0.25, -0.2) is 0 Å². The smallest absolute Gasteiger partial charge is 0.0642 e. The lowest BCUT2D eigenvalue weighted by atomic mass is 9.82. The SMILES string of the molecule is CC1CC(Nc2ccccc2N2CCOCC2)C1. The summed E-state index contributed by atoms with van der Waals surface area (Å²) in [5.41, 5.74) is 2.62. The van der Waals surface area contributed by atoms with Crippen molar-refractivity contribution >= 4 is 11.4 Å². The van der Waals surface area contributed by atoms with E-state index >= 15 is 0 Å². The summed E-state index contributed by atoms with van der Waals surface area (Å²) in [7, 11) is 0. The Bertz CT molecular complexity index is 395. The van der Waals surface area contributed by atoms with Gasteiger partial charge in [0, 0.05) is 19.1 Å². The van der Waals surface area contributed by atoms with Crippen LogP contribution in [0.2, 0.25) is 0 Å². The van der Waals surface area contributed by atoms with Gasteiger partial charge in [-0.2, -0.15) is 0 Å². The Morgan fingerprint density at radius 1 is 1.17 bits per heavy atom. The van der Waals surface area contributed by atoms with Gasteiger partial charge >= 0.3 is 0 Å². The van der Waals surface area contributed by atoms with Gasteiger partial charge in [-0.1, -0.05) is 19.1 Å². The zero-order chi connectivity index (χ0) is 12.4. The number of para-hydroxylation sites is 2. The lowest BCUT2D eigenvalue weighted by Gasteiger charge is -2.36. The minimum absolute atomic E-state index is 0.669. The highest BCUT2D eigenvalue weighted by Gasteiger charge is 2.26. The molecule has 1 aromatic rings. The van der Waals surface area contributed by atoms with E-state index in [-0.39, 0.29) is 0 Å². The molecule has 3 heteroatoms. The number of nitrogens with one attached hydrogen (secondary N) is 1. The number of nitrogens with zero attached hydrogens (tertiary/aromatic N) is 1. The monoisotopic (exact) mass is 246 g/mol. The molecule has 1 aromatic carbocycles. The molecule has 0 atom stereocenters. The third kappa shape index (κ3) is 2.46. The number of anilines is 2. The number of hydrogen-bond donors (Lipinski definition) is 1. The molecular formula is C15H22N2O. The van der Waals surface area contributed by atoms with Gasteiger partial charge in [-0.15, -0.1) is 0 Å². The first-order valence-corrected chi connectivity index (χ1v) is 7.01. The van der Waals surface area contributed by atoms with Crippen LogP contribution < -0.4 is 10.2 Å². The number of rotatable bonds is 3. The zero-order valence-corrected chi connectivity index (χ0v) is 11.1. The summed E-state index contributed by atoms with van der Waals surface area (Å²) in [6.07, 6.45) is 2.61. The van der Waals surface area contributed by atoms with E-state index in [9.17, 15) is 0 Å². The van der Waals surface area contributed by atoms with Crippen LogP contribution in [0, 0.1) is 5.92 Å². The highest BCUT2D eigenvalue weighted by molar-refractivity contribution is 5.70. The van der Waals surface area contributed by atoms with Crippen LogP contribution >= 0.6 is 0 Å². The largest absolute Gasteiger partial charge is 0.381 e. The number of morpholine rings is 1. The van der Waals surface area contributed by atoms with Crippen molar-refractivity contribution in [3.8, 4) is 0 Å². The van der Waals surface area contributed by atoms with Crippen LogP contribution in [0.15, 0.2) is 24.3 Å². The molecule has 2 fully saturated rings. The maximum absolute atomic E-state index is 5.43. The quantitative estimate of drug-likeness (QED) is 0.887. The van der Waals surface area contributed by atoms with Crippen molar-refractivity contribution in [2.75, 3.05) is 36.5 Å². The van der Waals surface area contributed by atoms with Gasteiger partial charge < -0.3 is 15.0 Å². The van der Waals surface area contributed by atoms with Crippen LogP contribution in [0.4, 0.5) is 11.4 Å². The van der Waals surface area contributed by atoms with Gasteiger partial charge in [0.1, 0.15) is 0 Å². The van der Waals surface area contributed by atoms with Crippen LogP contribution in [0.1, 0.15) is 19.8 Å². The van der Waals surface area contributed by atoms with Crippen molar-refractivity contribution < 1.29 is 4.74 Å². The minimum atomic E-state index is 0.669. The van der Waals surface area contributed by atoms with Crippen LogP contribution in [-0.2, 0) is 4.74 Å². The molecule has 0 amide bonds. The Morgan fingerprint density at radius 2 is 1.89 bits per heavy atom. The van der Waals surface area contributed by atoms with Gasteiger partial charge in [0.2, 0.25) is 0 Å². The molecule has 1 aliphatic carbocycles. The van der Waals surface area contributed by atoms with Crippen molar-refractivity contribution in [2.24, 2.45) is 5.92 Å². The normalized spacial score (nSPS) is 27.7. The maximum atomic E-state index is 5.43. The summed E-state index contributed by atoms with van der Waals surface area (Å²) in [4.78, 5) is 2.42. The standard InChI is InChI=1S/C15H22N2O/c1-12-10-13(11-12)16-14-4-2-3-5-15(14)17-6-8-18-9-7-17/h2-5,12-13,16H,6-11H2,1H3. The fourth-order valence-electron chi connectivity index (χ4n) is 2.92. The predicted octanol–water partition coefficient (Wildman–Crippen LogP) is 2.73. The lowest BCUT2D eigenvalue weighted by molar-refractivity contribution is 0.123. The van der Waals surface area contributed by atoms with E-state index < -0.39 is 0 Å². The molecule has 0 unspecified atom stereocenters. The van der Waals surface area contributed by atoms with E-state index in [0.717, 1.165) is 32.2 Å². The molecule has 18 heavy (non-hydrogen) atoms. The first-order chi connectivity index (χ1) is 8.83. The Morgan fingerprint density at radius 3 is 2.61 bits per heavy atom. The average Bonchev–Trinajstić information content (AvgIpc) is 2.39. The Kier molecular flexibility index (Phi) is 3.41. The highest BCUT2D eigenvalue weighted by atomic mass is 16.5. The molecule has 1 saturated heterocycles. The van der Waals surface area contributed by atoms with Crippen LogP contribution in [-0.4, -0.2) is 32.3 Å². The summed E-state index contributed by atoms with van der Waals surface area (Å²) in [5.74, 6) is 0.887. The zero-order valence-electron chi connectivity index (χ0n) is 11.1. The molecule has 3 nitrogen and oxygen atoms in total. The van der Waals surface area contributed by atoms with E-state index in [1.54, 1.807) is 0 Å². The third-order valence-electron chi connectivity index (χ3n) is 3.99. The number of benzene rings is 1. The molecule has 1 heterocycles. The number of hydrogen-bond acceptors (Lipinski definition) is 3. The summed E-state index contributed by atoms with van der Waals surface area (Å²) >= 11 is 0. The van der Waals surface area contributed by atoms with Crippen molar-refractivity contribution in [3.63, 3.8) is 0 Å². The summed E-state index contributed by atoms with van der Waals surface area (Å²) < 4.78 is 5.43. The van der Waals surface area contributed by atoms with E-state index in [0.29, 0.717) is 6.04 Å². The van der Waals surface area contributed by atoms with Crippen molar-refractivity contribution in [1.82, 2.24) is 0 Å². The third-order valence-corrected chi connectivity index (χ3v) is 3.99. The van der Waals surface area contributed by atoms with Crippen molar-refractivity contribution in [2.45, 2.75) is 25.8 Å². The van der Waals surface area contributed by atoms with Gasteiger partial charge in [0.05, 0.1) is 24.6 Å². The van der Waals surface area contributed by atoms with Gasteiger partial charge in [-0.3, -0.25) is 0 Å². The molecule has 1 saturated carbocycles. The Hall–Kier alpha value is -1.22. The molecular weight excluding hydrogens is 224 g/mol. The summed E-state index contributed by atoms with van der Waals surface area (Å²) in [6, 6.07) is 9.33. The van der Waals surface area contributed by atoms with Gasteiger partial charge in [0.25, 0.3) is 0 Å². The number of ether oxygens (including phenoxy) is 1. The molecule has 3 rings (SSSR count). The fourth-order valence-corrected chi connectivity index (χ4v) is 2.92. The van der Waals surface area contributed by atoms with Crippen LogP contribution in [0.25, 0.3) is 0 Å². The molecule has 2 aliphatic rings. The second kappa shape index (κ2) is 5.19. The summed E-state index contributed by atoms with van der Waals surface area (Å²) in [6.45, 7) is 6.01. The molecule has 0 bridgehead atoms. The molecule has 0 aromatic heterocycles. The molecule has 0 spiro atoms. The van der Waals surface area contributed by atoms with E-state index in [1.165, 1.54) is 24.2 Å². The summed E-state index contributed by atoms with van der Waals surface area (Å²) in [5, 5.41) is 3.69. The molecule has 1 aliphatic heterocycles. The van der Waals surface area contributed by atoms with Crippen molar-refractivity contribution in [1.29, 1.82) is 0 Å². The van der Waals surface area contributed by atoms with Crippen molar-refractivity contribution in [3.05, 3.63) is 24.3 Å². The molecule has 98 valence electrons. The van der Waals surface area contributed by atoms with E-state index in [2.05, 4.69) is 41.4 Å². The van der Waals surface area contributed by atoms with Gasteiger partial charge in [-0.05, 0) is 30.9 Å². The first-order valence-electron chi connectivity index (χ1n) is 7.01. The maximum Gasteiger partial charge on any atom is 0.0642 e. The molecule has 1 N–H and O–H groups in total. The second-order valence-electron chi connectivity index (χ2n) is 5.53. The average molecular weight is 246 g/mol. The van der Waals surface area contributed by atoms with Gasteiger partial charge in [0.15, 0.2) is 0 Å². The molecule has 0 radical (unpaired) electrons. The Balaban J connectivity index is 1.72. The second-order valence-corrected chi connectivity index (χ2v) is 5.53. The fraction of sp³-hybridized carbons (Fsp3) is 0.600. The first kappa shape index (κ1) is 11.8. The van der Waals surface area contributed by atoms with Crippen LogP contribution in [0.3, 0.4) is 0 Å². The minimum Gasteiger partial charge on any atom is -0.381 e.